The van der Waals surface area contributed by atoms with Gasteiger partial charge in [0.05, 0.1) is 17.2 Å². The van der Waals surface area contributed by atoms with E-state index in [1.165, 1.54) is 4.90 Å². The van der Waals surface area contributed by atoms with Crippen molar-refractivity contribution in [2.24, 2.45) is 0 Å². The van der Waals surface area contributed by atoms with Gasteiger partial charge in [0.2, 0.25) is 0 Å². The van der Waals surface area contributed by atoms with Gasteiger partial charge in [-0.25, -0.2) is 4.79 Å². The molecule has 0 fully saturated rings. The van der Waals surface area contributed by atoms with Crippen molar-refractivity contribution in [3.8, 4) is 0 Å². The van der Waals surface area contributed by atoms with Crippen LogP contribution in [0, 0.1) is 0 Å². The fourth-order valence-corrected chi connectivity index (χ4v) is 3.10. The molecule has 0 saturated carbocycles. The number of anilines is 1. The molecule has 0 spiro atoms. The Hall–Kier alpha value is -1.56. The summed E-state index contributed by atoms with van der Waals surface area (Å²) in [5.41, 5.74) is 6.67. The minimum atomic E-state index is -0.424. The Balaban J connectivity index is 3.53. The highest BCUT2D eigenvalue weighted by atomic mass is 32.1. The Labute approximate surface area is 123 Å². The molecule has 112 valence electrons. The Morgan fingerprint density at radius 1 is 1.30 bits per heavy atom. The van der Waals surface area contributed by atoms with Crippen molar-refractivity contribution in [2.45, 2.75) is 33.1 Å². The molecular weight excluding hydrogens is 276 g/mol. The number of rotatable bonds is 3. The normalized spacial score (nSPS) is 11.3. The Morgan fingerprint density at radius 2 is 1.85 bits per heavy atom. The SMILES string of the molecule is CCOC(=O)c1sc(N)c(C(=O)N(C)C)c1C(C)(C)C. The van der Waals surface area contributed by atoms with Gasteiger partial charge in [0.1, 0.15) is 4.88 Å². The summed E-state index contributed by atoms with van der Waals surface area (Å²) in [7, 11) is 3.33. The lowest BCUT2D eigenvalue weighted by Crippen LogP contribution is -2.27. The molecule has 0 aromatic carbocycles. The number of amides is 1. The number of ether oxygens (including phenoxy) is 1. The van der Waals surface area contributed by atoms with Gasteiger partial charge in [-0.1, -0.05) is 20.8 Å². The molecule has 0 radical (unpaired) electrons. The summed E-state index contributed by atoms with van der Waals surface area (Å²) < 4.78 is 5.06. The van der Waals surface area contributed by atoms with Crippen LogP contribution in [-0.2, 0) is 10.2 Å². The van der Waals surface area contributed by atoms with Crippen LogP contribution in [0.25, 0.3) is 0 Å². The van der Waals surface area contributed by atoms with Gasteiger partial charge in [0.25, 0.3) is 5.91 Å². The first-order chi connectivity index (χ1) is 9.11. The molecule has 1 heterocycles. The van der Waals surface area contributed by atoms with Crippen LogP contribution in [-0.4, -0.2) is 37.5 Å². The van der Waals surface area contributed by atoms with Crippen LogP contribution < -0.4 is 5.73 Å². The van der Waals surface area contributed by atoms with Crippen LogP contribution in [0.1, 0.15) is 53.3 Å². The number of hydrogen-bond donors (Lipinski definition) is 1. The largest absolute Gasteiger partial charge is 0.462 e. The third-order valence-corrected chi connectivity index (χ3v) is 3.77. The van der Waals surface area contributed by atoms with Gasteiger partial charge in [-0.3, -0.25) is 4.79 Å². The van der Waals surface area contributed by atoms with E-state index in [1.807, 2.05) is 20.8 Å². The molecule has 1 aromatic heterocycles. The lowest BCUT2D eigenvalue weighted by molar-refractivity contribution is 0.0529. The molecular formula is C14H22N2O3S. The third kappa shape index (κ3) is 3.12. The van der Waals surface area contributed by atoms with Crippen LogP contribution in [0.3, 0.4) is 0 Å². The van der Waals surface area contributed by atoms with E-state index in [0.29, 0.717) is 21.0 Å². The fourth-order valence-electron chi connectivity index (χ4n) is 1.94. The summed E-state index contributed by atoms with van der Waals surface area (Å²) in [6, 6.07) is 0. The standard InChI is InChI=1S/C14H22N2O3S/c1-7-19-13(18)10-9(14(2,3)4)8(11(15)20-10)12(17)16(5)6/h7,15H2,1-6H3. The Morgan fingerprint density at radius 3 is 2.25 bits per heavy atom. The summed E-state index contributed by atoms with van der Waals surface area (Å²) in [5, 5.41) is 0.358. The van der Waals surface area contributed by atoms with Crippen molar-refractivity contribution >= 4 is 28.2 Å². The number of carbonyl (C=O) groups is 2. The predicted octanol–water partition coefficient (Wildman–Crippen LogP) is 2.51. The highest BCUT2D eigenvalue weighted by Gasteiger charge is 2.33. The van der Waals surface area contributed by atoms with Crippen molar-refractivity contribution in [3.05, 3.63) is 16.0 Å². The van der Waals surface area contributed by atoms with E-state index >= 15 is 0 Å². The van der Waals surface area contributed by atoms with Gasteiger partial charge in [-0.05, 0) is 17.9 Å². The van der Waals surface area contributed by atoms with Crippen LogP contribution in [0.4, 0.5) is 5.00 Å². The summed E-state index contributed by atoms with van der Waals surface area (Å²) >= 11 is 1.12. The zero-order valence-corrected chi connectivity index (χ0v) is 13.7. The number of thiophene rings is 1. The molecule has 1 rings (SSSR count). The van der Waals surface area contributed by atoms with Gasteiger partial charge in [-0.2, -0.15) is 0 Å². The summed E-state index contributed by atoms with van der Waals surface area (Å²) in [4.78, 5) is 26.3. The summed E-state index contributed by atoms with van der Waals surface area (Å²) in [6.45, 7) is 7.88. The minimum Gasteiger partial charge on any atom is -0.462 e. The van der Waals surface area contributed by atoms with Gasteiger partial charge in [0, 0.05) is 14.1 Å². The molecule has 2 N–H and O–H groups in total. The highest BCUT2D eigenvalue weighted by molar-refractivity contribution is 7.18. The first kappa shape index (κ1) is 16.5. The zero-order chi connectivity index (χ0) is 15.7. The van der Waals surface area contributed by atoms with E-state index < -0.39 is 5.97 Å². The lowest BCUT2D eigenvalue weighted by Gasteiger charge is -2.22. The van der Waals surface area contributed by atoms with Crippen molar-refractivity contribution in [1.29, 1.82) is 0 Å². The maximum atomic E-state index is 12.3. The molecule has 0 atom stereocenters. The molecule has 0 aliphatic rings. The first-order valence-electron chi connectivity index (χ1n) is 6.42. The number of nitrogen functional groups attached to an aromatic ring is 1. The van der Waals surface area contributed by atoms with Crippen LogP contribution >= 0.6 is 11.3 Å². The summed E-state index contributed by atoms with van der Waals surface area (Å²) in [5.74, 6) is -0.619. The van der Waals surface area contributed by atoms with E-state index in [0.717, 1.165) is 11.3 Å². The average molecular weight is 298 g/mol. The molecule has 0 bridgehead atoms. The molecule has 0 unspecified atom stereocenters. The molecule has 6 heteroatoms. The van der Waals surface area contributed by atoms with Gasteiger partial charge in [0.15, 0.2) is 0 Å². The lowest BCUT2D eigenvalue weighted by atomic mass is 9.84. The number of esters is 1. The maximum absolute atomic E-state index is 12.3. The molecule has 20 heavy (non-hydrogen) atoms. The zero-order valence-electron chi connectivity index (χ0n) is 12.9. The Bertz CT molecular complexity index is 527. The second-order valence-electron chi connectivity index (χ2n) is 5.72. The Kier molecular flexibility index (Phi) is 4.81. The molecule has 0 aliphatic heterocycles. The summed E-state index contributed by atoms with van der Waals surface area (Å²) in [6.07, 6.45) is 0. The van der Waals surface area contributed by atoms with Crippen LogP contribution in [0.15, 0.2) is 0 Å². The van der Waals surface area contributed by atoms with Crippen molar-refractivity contribution in [3.63, 3.8) is 0 Å². The molecule has 1 amide bonds. The number of nitrogens with zero attached hydrogens (tertiary/aromatic N) is 1. The van der Waals surface area contributed by atoms with E-state index in [4.69, 9.17) is 10.5 Å². The van der Waals surface area contributed by atoms with Gasteiger partial charge in [-0.15, -0.1) is 11.3 Å². The van der Waals surface area contributed by atoms with Crippen molar-refractivity contribution in [1.82, 2.24) is 4.90 Å². The van der Waals surface area contributed by atoms with Crippen molar-refractivity contribution < 1.29 is 14.3 Å². The molecule has 1 aromatic rings. The van der Waals surface area contributed by atoms with E-state index in [-0.39, 0.29) is 17.9 Å². The minimum absolute atomic E-state index is 0.195. The topological polar surface area (TPSA) is 72.6 Å². The number of carbonyl (C=O) groups excluding carboxylic acids is 2. The van der Waals surface area contributed by atoms with E-state index in [2.05, 4.69) is 0 Å². The first-order valence-corrected chi connectivity index (χ1v) is 7.24. The molecule has 5 nitrogen and oxygen atoms in total. The predicted molar refractivity (Wildman–Crippen MR) is 81.4 cm³/mol. The average Bonchev–Trinajstić information content (AvgIpc) is 2.65. The third-order valence-electron chi connectivity index (χ3n) is 2.77. The van der Waals surface area contributed by atoms with Gasteiger partial charge < -0.3 is 15.4 Å². The second-order valence-corrected chi connectivity index (χ2v) is 6.77. The second kappa shape index (κ2) is 5.83. The number of hydrogen-bond acceptors (Lipinski definition) is 5. The fraction of sp³-hybridized carbons (Fsp3) is 0.571. The van der Waals surface area contributed by atoms with Crippen LogP contribution in [0.5, 0.6) is 0 Å². The smallest absolute Gasteiger partial charge is 0.348 e. The highest BCUT2D eigenvalue weighted by Crippen LogP contribution is 2.39. The van der Waals surface area contributed by atoms with Crippen LogP contribution in [0.2, 0.25) is 0 Å². The molecule has 0 saturated heterocycles. The van der Waals surface area contributed by atoms with E-state index in [9.17, 15) is 9.59 Å². The quantitative estimate of drug-likeness (QED) is 0.870. The monoisotopic (exact) mass is 298 g/mol. The molecule has 0 aliphatic carbocycles. The van der Waals surface area contributed by atoms with Gasteiger partial charge >= 0.3 is 5.97 Å². The maximum Gasteiger partial charge on any atom is 0.348 e. The van der Waals surface area contributed by atoms with E-state index in [1.54, 1.807) is 21.0 Å². The number of nitrogens with two attached hydrogens (primary N) is 1. The van der Waals surface area contributed by atoms with Crippen molar-refractivity contribution in [2.75, 3.05) is 26.4 Å².